The molecule has 0 saturated heterocycles. The van der Waals surface area contributed by atoms with Crippen LogP contribution in [0.25, 0.3) is 0 Å². The van der Waals surface area contributed by atoms with Gasteiger partial charge in [-0.05, 0) is 49.6 Å². The third kappa shape index (κ3) is 6.78. The van der Waals surface area contributed by atoms with Crippen molar-refractivity contribution in [3.05, 3.63) is 65.2 Å². The van der Waals surface area contributed by atoms with Crippen LogP contribution in [0.4, 0.5) is 0 Å². The summed E-state index contributed by atoms with van der Waals surface area (Å²) < 4.78 is 0. The molecule has 1 N–H and O–H groups in total. The lowest BCUT2D eigenvalue weighted by Crippen LogP contribution is -2.50. The van der Waals surface area contributed by atoms with Crippen molar-refractivity contribution >= 4 is 35.2 Å². The monoisotopic (exact) mass is 444 g/mol. The number of carbonyl (C=O) groups is 2. The lowest BCUT2D eigenvalue weighted by atomic mass is 9.95. The van der Waals surface area contributed by atoms with E-state index in [9.17, 15) is 9.59 Å². The zero-order chi connectivity index (χ0) is 21.3. The molecule has 3 rings (SSSR count). The minimum atomic E-state index is -0.536. The van der Waals surface area contributed by atoms with Crippen LogP contribution in [0.15, 0.2) is 59.5 Å². The number of carbonyl (C=O) groups excluding carboxylic acids is 2. The van der Waals surface area contributed by atoms with E-state index in [4.69, 9.17) is 11.6 Å². The Labute approximate surface area is 188 Å². The van der Waals surface area contributed by atoms with Gasteiger partial charge in [0.2, 0.25) is 11.8 Å². The van der Waals surface area contributed by atoms with E-state index in [1.165, 1.54) is 18.2 Å². The third-order valence-corrected chi connectivity index (χ3v) is 6.74. The van der Waals surface area contributed by atoms with Gasteiger partial charge in [0.05, 0.1) is 5.75 Å². The van der Waals surface area contributed by atoms with Crippen molar-refractivity contribution in [2.24, 2.45) is 0 Å². The van der Waals surface area contributed by atoms with E-state index in [1.54, 1.807) is 4.90 Å². The second kappa shape index (κ2) is 11.4. The highest BCUT2D eigenvalue weighted by molar-refractivity contribution is 8.00. The maximum absolute atomic E-state index is 13.1. The predicted molar refractivity (Wildman–Crippen MR) is 124 cm³/mol. The standard InChI is InChI=1S/C24H29ClN2O2S/c1-18(24(29)26-21-8-4-2-5-9-21)27(16-19-12-14-20(25)15-13-19)23(28)17-30-22-10-6-3-7-11-22/h3,6-7,10-15,18,21H,2,4-5,8-9,16-17H2,1H3,(H,26,29). The van der Waals surface area contributed by atoms with Crippen LogP contribution in [0.3, 0.4) is 0 Å². The molecule has 160 valence electrons. The van der Waals surface area contributed by atoms with Gasteiger partial charge in [0.15, 0.2) is 0 Å². The number of benzene rings is 2. The summed E-state index contributed by atoms with van der Waals surface area (Å²) in [5.74, 6) is 0.164. The number of nitrogens with one attached hydrogen (secondary N) is 1. The minimum absolute atomic E-state index is 0.0508. The molecule has 0 heterocycles. The van der Waals surface area contributed by atoms with Crippen molar-refractivity contribution in [1.29, 1.82) is 0 Å². The summed E-state index contributed by atoms with van der Waals surface area (Å²) in [5.41, 5.74) is 0.953. The van der Waals surface area contributed by atoms with Gasteiger partial charge in [-0.25, -0.2) is 0 Å². The molecule has 30 heavy (non-hydrogen) atoms. The molecule has 0 bridgehead atoms. The summed E-state index contributed by atoms with van der Waals surface area (Å²) in [4.78, 5) is 28.8. The molecule has 1 unspecified atom stereocenters. The smallest absolute Gasteiger partial charge is 0.242 e. The zero-order valence-electron chi connectivity index (χ0n) is 17.4. The highest BCUT2D eigenvalue weighted by Crippen LogP contribution is 2.21. The Balaban J connectivity index is 1.68. The average molecular weight is 445 g/mol. The van der Waals surface area contributed by atoms with E-state index in [1.807, 2.05) is 61.5 Å². The summed E-state index contributed by atoms with van der Waals surface area (Å²) >= 11 is 7.49. The van der Waals surface area contributed by atoms with Gasteiger partial charge in [0.1, 0.15) is 6.04 Å². The van der Waals surface area contributed by atoms with Gasteiger partial charge in [-0.1, -0.05) is 61.2 Å². The summed E-state index contributed by atoms with van der Waals surface area (Å²) in [6.07, 6.45) is 5.58. The molecule has 1 atom stereocenters. The van der Waals surface area contributed by atoms with E-state index in [-0.39, 0.29) is 17.9 Å². The maximum atomic E-state index is 13.1. The molecule has 0 radical (unpaired) electrons. The summed E-state index contributed by atoms with van der Waals surface area (Å²) in [5, 5.41) is 3.81. The van der Waals surface area contributed by atoms with Crippen LogP contribution in [0, 0.1) is 0 Å². The second-order valence-corrected chi connectivity index (χ2v) is 9.25. The van der Waals surface area contributed by atoms with Gasteiger partial charge in [0, 0.05) is 22.5 Å². The minimum Gasteiger partial charge on any atom is -0.352 e. The third-order valence-electron chi connectivity index (χ3n) is 5.49. The van der Waals surface area contributed by atoms with E-state index < -0.39 is 6.04 Å². The highest BCUT2D eigenvalue weighted by Gasteiger charge is 2.28. The topological polar surface area (TPSA) is 49.4 Å². The Morgan fingerprint density at radius 2 is 1.73 bits per heavy atom. The van der Waals surface area contributed by atoms with Gasteiger partial charge >= 0.3 is 0 Å². The number of hydrogen-bond donors (Lipinski definition) is 1. The van der Waals surface area contributed by atoms with Crippen LogP contribution in [0.5, 0.6) is 0 Å². The molecule has 2 aromatic carbocycles. The zero-order valence-corrected chi connectivity index (χ0v) is 18.9. The normalized spacial score (nSPS) is 15.4. The summed E-state index contributed by atoms with van der Waals surface area (Å²) in [6.45, 7) is 2.20. The van der Waals surface area contributed by atoms with Crippen molar-refractivity contribution in [3.63, 3.8) is 0 Å². The predicted octanol–water partition coefficient (Wildman–Crippen LogP) is 5.30. The molecule has 0 spiro atoms. The molecular weight excluding hydrogens is 416 g/mol. The summed E-state index contributed by atoms with van der Waals surface area (Å²) in [6, 6.07) is 17.0. The fraction of sp³-hybridized carbons (Fsp3) is 0.417. The van der Waals surface area contributed by atoms with Crippen molar-refractivity contribution in [1.82, 2.24) is 10.2 Å². The summed E-state index contributed by atoms with van der Waals surface area (Å²) in [7, 11) is 0. The molecular formula is C24H29ClN2O2S. The fourth-order valence-electron chi connectivity index (χ4n) is 3.68. The van der Waals surface area contributed by atoms with Gasteiger partial charge in [-0.3, -0.25) is 9.59 Å². The lowest BCUT2D eigenvalue weighted by Gasteiger charge is -2.31. The fourth-order valence-corrected chi connectivity index (χ4v) is 4.61. The van der Waals surface area contributed by atoms with Crippen molar-refractivity contribution < 1.29 is 9.59 Å². The first-order valence-corrected chi connectivity index (χ1v) is 11.9. The molecule has 1 saturated carbocycles. The van der Waals surface area contributed by atoms with Gasteiger partial charge in [-0.15, -0.1) is 11.8 Å². The second-order valence-electron chi connectivity index (χ2n) is 7.77. The number of halogens is 1. The lowest BCUT2D eigenvalue weighted by molar-refractivity contribution is -0.139. The van der Waals surface area contributed by atoms with Crippen LogP contribution in [0.2, 0.25) is 5.02 Å². The number of rotatable bonds is 8. The molecule has 0 aliphatic heterocycles. The van der Waals surface area contributed by atoms with Crippen molar-refractivity contribution in [2.75, 3.05) is 5.75 Å². The molecule has 6 heteroatoms. The quantitative estimate of drug-likeness (QED) is 0.562. The Morgan fingerprint density at radius 1 is 1.07 bits per heavy atom. The van der Waals surface area contributed by atoms with E-state index in [0.717, 1.165) is 36.1 Å². The molecule has 1 aliphatic rings. The largest absolute Gasteiger partial charge is 0.352 e. The molecule has 2 amide bonds. The average Bonchev–Trinajstić information content (AvgIpc) is 2.78. The van der Waals surface area contributed by atoms with Crippen LogP contribution in [0.1, 0.15) is 44.6 Å². The van der Waals surface area contributed by atoms with Crippen LogP contribution >= 0.6 is 23.4 Å². The van der Waals surface area contributed by atoms with E-state index in [0.29, 0.717) is 17.3 Å². The maximum Gasteiger partial charge on any atom is 0.242 e. The van der Waals surface area contributed by atoms with Crippen LogP contribution in [-0.2, 0) is 16.1 Å². The van der Waals surface area contributed by atoms with Gasteiger partial charge in [0.25, 0.3) is 0 Å². The molecule has 2 aromatic rings. The van der Waals surface area contributed by atoms with E-state index in [2.05, 4.69) is 5.32 Å². The molecule has 4 nitrogen and oxygen atoms in total. The van der Waals surface area contributed by atoms with Crippen LogP contribution in [-0.4, -0.2) is 34.6 Å². The first-order chi connectivity index (χ1) is 14.5. The highest BCUT2D eigenvalue weighted by atomic mass is 35.5. The van der Waals surface area contributed by atoms with Crippen molar-refractivity contribution in [3.8, 4) is 0 Å². The Kier molecular flexibility index (Phi) is 8.64. The van der Waals surface area contributed by atoms with Gasteiger partial charge < -0.3 is 10.2 Å². The molecule has 0 aromatic heterocycles. The number of amides is 2. The molecule has 1 aliphatic carbocycles. The number of hydrogen-bond acceptors (Lipinski definition) is 3. The Bertz CT molecular complexity index is 823. The first-order valence-electron chi connectivity index (χ1n) is 10.5. The van der Waals surface area contributed by atoms with Crippen molar-refractivity contribution in [2.45, 2.75) is 62.6 Å². The molecule has 1 fully saturated rings. The van der Waals surface area contributed by atoms with Gasteiger partial charge in [-0.2, -0.15) is 0 Å². The SMILES string of the molecule is CC(C(=O)NC1CCCCC1)N(Cc1ccc(Cl)cc1)C(=O)CSc1ccccc1. The Hall–Kier alpha value is -1.98. The van der Waals surface area contributed by atoms with E-state index >= 15 is 0 Å². The van der Waals surface area contributed by atoms with Crippen LogP contribution < -0.4 is 5.32 Å². The first kappa shape index (κ1) is 22.7. The number of thioether (sulfide) groups is 1. The number of nitrogens with zero attached hydrogens (tertiary/aromatic N) is 1. The Morgan fingerprint density at radius 3 is 2.40 bits per heavy atom.